The minimum atomic E-state index is 0.701. The lowest BCUT2D eigenvalue weighted by molar-refractivity contribution is 0.402. The van der Waals surface area contributed by atoms with Gasteiger partial charge in [-0.1, -0.05) is 0 Å². The Morgan fingerprint density at radius 3 is 2.61 bits per heavy atom. The molecular weight excluding hydrogens is 230 g/mol. The number of hydrogen-bond acceptors (Lipinski definition) is 4. The smallest absolute Gasteiger partial charge is 0.138 e. The van der Waals surface area contributed by atoms with Gasteiger partial charge in [0.2, 0.25) is 0 Å². The first-order valence-corrected chi connectivity index (χ1v) is 5.74. The molecule has 0 aliphatic carbocycles. The van der Waals surface area contributed by atoms with Gasteiger partial charge in [0.15, 0.2) is 0 Å². The van der Waals surface area contributed by atoms with Crippen LogP contribution in [0.3, 0.4) is 0 Å². The van der Waals surface area contributed by atoms with E-state index in [1.54, 1.807) is 14.2 Å². The average molecular weight is 247 g/mol. The van der Waals surface area contributed by atoms with E-state index in [0.29, 0.717) is 6.54 Å². The number of benzene rings is 1. The molecule has 0 saturated carbocycles. The van der Waals surface area contributed by atoms with E-state index in [0.717, 1.165) is 28.6 Å². The predicted octanol–water partition coefficient (Wildman–Crippen LogP) is 2.68. The molecule has 0 bridgehead atoms. The molecule has 0 saturated heterocycles. The maximum absolute atomic E-state index is 5.75. The molecule has 96 valence electrons. The van der Waals surface area contributed by atoms with Gasteiger partial charge in [0.05, 0.1) is 26.3 Å². The summed E-state index contributed by atoms with van der Waals surface area (Å²) in [6, 6.07) is 9.52. The second kappa shape index (κ2) is 5.60. The molecule has 1 heterocycles. The molecule has 0 radical (unpaired) electrons. The minimum absolute atomic E-state index is 0.701. The van der Waals surface area contributed by atoms with Crippen LogP contribution in [0.2, 0.25) is 0 Å². The van der Waals surface area contributed by atoms with Gasteiger partial charge < -0.3 is 19.2 Å². The van der Waals surface area contributed by atoms with E-state index in [2.05, 4.69) is 5.32 Å². The van der Waals surface area contributed by atoms with Crippen LogP contribution < -0.4 is 14.8 Å². The van der Waals surface area contributed by atoms with E-state index in [-0.39, 0.29) is 0 Å². The van der Waals surface area contributed by atoms with E-state index in [1.807, 2.05) is 37.4 Å². The fourth-order valence-corrected chi connectivity index (χ4v) is 1.80. The van der Waals surface area contributed by atoms with Gasteiger partial charge in [-0.3, -0.25) is 0 Å². The van der Waals surface area contributed by atoms with Crippen molar-refractivity contribution >= 4 is 0 Å². The van der Waals surface area contributed by atoms with Crippen LogP contribution in [0.4, 0.5) is 0 Å². The summed E-state index contributed by atoms with van der Waals surface area (Å²) in [5.41, 5.74) is 0.888. The number of rotatable bonds is 5. The fraction of sp³-hybridized carbons (Fsp3) is 0.286. The number of ether oxygens (including phenoxy) is 2. The van der Waals surface area contributed by atoms with E-state index in [1.165, 1.54) is 0 Å². The minimum Gasteiger partial charge on any atom is -0.497 e. The molecule has 0 aliphatic heterocycles. The summed E-state index contributed by atoms with van der Waals surface area (Å²) in [6.45, 7) is 0.701. The molecule has 0 fully saturated rings. The zero-order valence-electron chi connectivity index (χ0n) is 10.8. The number of furan rings is 1. The second-order valence-corrected chi connectivity index (χ2v) is 3.86. The largest absolute Gasteiger partial charge is 0.497 e. The molecular formula is C14H17NO3. The van der Waals surface area contributed by atoms with E-state index in [9.17, 15) is 0 Å². The van der Waals surface area contributed by atoms with Crippen LogP contribution in [0.5, 0.6) is 11.5 Å². The van der Waals surface area contributed by atoms with Gasteiger partial charge in [0, 0.05) is 0 Å². The Balaban J connectivity index is 2.40. The lowest BCUT2D eigenvalue weighted by atomic mass is 10.1. The first-order chi connectivity index (χ1) is 8.78. The van der Waals surface area contributed by atoms with Crippen molar-refractivity contribution in [2.24, 2.45) is 0 Å². The summed E-state index contributed by atoms with van der Waals surface area (Å²) in [5, 5.41) is 3.05. The summed E-state index contributed by atoms with van der Waals surface area (Å²) in [5.74, 6) is 3.20. The monoisotopic (exact) mass is 247 g/mol. The number of hydrogen-bond donors (Lipinski definition) is 1. The highest BCUT2D eigenvalue weighted by Crippen LogP contribution is 2.34. The fourth-order valence-electron chi connectivity index (χ4n) is 1.80. The third kappa shape index (κ3) is 2.49. The molecule has 4 nitrogen and oxygen atoms in total. The predicted molar refractivity (Wildman–Crippen MR) is 70.0 cm³/mol. The van der Waals surface area contributed by atoms with Gasteiger partial charge in [-0.15, -0.1) is 0 Å². The van der Waals surface area contributed by atoms with E-state index >= 15 is 0 Å². The van der Waals surface area contributed by atoms with Gasteiger partial charge in [0.1, 0.15) is 23.0 Å². The summed E-state index contributed by atoms with van der Waals surface area (Å²) in [4.78, 5) is 0. The van der Waals surface area contributed by atoms with Crippen LogP contribution in [-0.4, -0.2) is 21.3 Å². The normalized spacial score (nSPS) is 10.4. The molecule has 2 rings (SSSR count). The molecule has 0 unspecified atom stereocenters. The van der Waals surface area contributed by atoms with Crippen LogP contribution in [0, 0.1) is 0 Å². The molecule has 0 amide bonds. The van der Waals surface area contributed by atoms with Crippen molar-refractivity contribution in [3.8, 4) is 22.8 Å². The average Bonchev–Trinajstić information content (AvgIpc) is 2.87. The van der Waals surface area contributed by atoms with Crippen molar-refractivity contribution in [3.63, 3.8) is 0 Å². The Labute approximate surface area is 107 Å². The number of nitrogens with one attached hydrogen (secondary N) is 1. The van der Waals surface area contributed by atoms with Gasteiger partial charge in [-0.05, 0) is 37.4 Å². The van der Waals surface area contributed by atoms with Gasteiger partial charge in [-0.25, -0.2) is 0 Å². The lowest BCUT2D eigenvalue weighted by Crippen LogP contribution is -2.03. The first kappa shape index (κ1) is 12.5. The Kier molecular flexibility index (Phi) is 3.89. The molecule has 1 aromatic heterocycles. The Morgan fingerprint density at radius 1 is 1.11 bits per heavy atom. The van der Waals surface area contributed by atoms with Gasteiger partial charge in [0.25, 0.3) is 0 Å². The molecule has 4 heteroatoms. The molecule has 2 aromatic rings. The van der Waals surface area contributed by atoms with Crippen LogP contribution in [0.1, 0.15) is 5.76 Å². The Bertz CT molecular complexity index is 520. The van der Waals surface area contributed by atoms with Crippen LogP contribution >= 0.6 is 0 Å². The SMILES string of the molecule is CNCc1ccc(-c2cc(OC)ccc2OC)o1. The molecule has 1 N–H and O–H groups in total. The summed E-state index contributed by atoms with van der Waals surface area (Å²) < 4.78 is 16.3. The van der Waals surface area contributed by atoms with Crippen LogP contribution in [0.15, 0.2) is 34.7 Å². The van der Waals surface area contributed by atoms with Gasteiger partial charge >= 0.3 is 0 Å². The quantitative estimate of drug-likeness (QED) is 0.882. The van der Waals surface area contributed by atoms with Crippen molar-refractivity contribution < 1.29 is 13.9 Å². The van der Waals surface area contributed by atoms with Crippen molar-refractivity contribution in [3.05, 3.63) is 36.1 Å². The van der Waals surface area contributed by atoms with E-state index in [4.69, 9.17) is 13.9 Å². The Hall–Kier alpha value is -1.94. The molecule has 0 spiro atoms. The maximum atomic E-state index is 5.75. The zero-order valence-corrected chi connectivity index (χ0v) is 10.8. The lowest BCUT2D eigenvalue weighted by Gasteiger charge is -2.08. The van der Waals surface area contributed by atoms with Crippen molar-refractivity contribution in [2.75, 3.05) is 21.3 Å². The van der Waals surface area contributed by atoms with Crippen LogP contribution in [-0.2, 0) is 6.54 Å². The standard InChI is InChI=1S/C14H17NO3/c1-15-9-11-5-7-14(18-11)12-8-10(16-2)4-6-13(12)17-3/h4-8,15H,9H2,1-3H3. The van der Waals surface area contributed by atoms with Crippen molar-refractivity contribution in [1.82, 2.24) is 5.32 Å². The molecule has 0 atom stereocenters. The highest BCUT2D eigenvalue weighted by atomic mass is 16.5. The molecule has 0 aliphatic rings. The molecule has 18 heavy (non-hydrogen) atoms. The second-order valence-electron chi connectivity index (χ2n) is 3.86. The summed E-state index contributed by atoms with van der Waals surface area (Å²) in [7, 11) is 5.16. The van der Waals surface area contributed by atoms with Crippen LogP contribution in [0.25, 0.3) is 11.3 Å². The Morgan fingerprint density at radius 2 is 1.94 bits per heavy atom. The summed E-state index contributed by atoms with van der Waals surface area (Å²) in [6.07, 6.45) is 0. The highest BCUT2D eigenvalue weighted by molar-refractivity contribution is 5.68. The summed E-state index contributed by atoms with van der Waals surface area (Å²) >= 11 is 0. The highest BCUT2D eigenvalue weighted by Gasteiger charge is 2.11. The maximum Gasteiger partial charge on any atom is 0.138 e. The first-order valence-electron chi connectivity index (χ1n) is 5.74. The van der Waals surface area contributed by atoms with Crippen molar-refractivity contribution in [1.29, 1.82) is 0 Å². The third-order valence-corrected chi connectivity index (χ3v) is 2.68. The van der Waals surface area contributed by atoms with E-state index < -0.39 is 0 Å². The van der Waals surface area contributed by atoms with Gasteiger partial charge in [-0.2, -0.15) is 0 Å². The third-order valence-electron chi connectivity index (χ3n) is 2.68. The molecule has 1 aromatic carbocycles. The number of methoxy groups -OCH3 is 2. The zero-order chi connectivity index (χ0) is 13.0. The topological polar surface area (TPSA) is 43.6 Å². The van der Waals surface area contributed by atoms with Crippen molar-refractivity contribution in [2.45, 2.75) is 6.54 Å².